The molecule has 0 spiro atoms. The van der Waals surface area contributed by atoms with Crippen molar-refractivity contribution in [2.24, 2.45) is 0 Å². The molecule has 0 atom stereocenters. The van der Waals surface area contributed by atoms with Crippen LogP contribution in [0.25, 0.3) is 11.4 Å². The molecule has 0 radical (unpaired) electrons. The first-order valence-corrected chi connectivity index (χ1v) is 9.65. The summed E-state index contributed by atoms with van der Waals surface area (Å²) in [6, 6.07) is 12.0. The SMILES string of the molecule is CCc1ccc(-c2noc(COC(=O)c3ccc(SC)c([N+](=O)[O-])c3)n2)cc1. The highest BCUT2D eigenvalue weighted by Crippen LogP contribution is 2.28. The van der Waals surface area contributed by atoms with Gasteiger partial charge in [0.15, 0.2) is 6.61 Å². The number of benzene rings is 2. The van der Waals surface area contributed by atoms with E-state index < -0.39 is 10.9 Å². The summed E-state index contributed by atoms with van der Waals surface area (Å²) in [6.07, 6.45) is 2.66. The topological polar surface area (TPSA) is 108 Å². The van der Waals surface area contributed by atoms with Gasteiger partial charge in [0.05, 0.1) is 15.4 Å². The molecule has 0 fully saturated rings. The molecular weight excluding hydrogens is 382 g/mol. The predicted molar refractivity (Wildman–Crippen MR) is 103 cm³/mol. The number of hydrogen-bond acceptors (Lipinski definition) is 8. The van der Waals surface area contributed by atoms with Crippen LogP contribution in [0.5, 0.6) is 0 Å². The lowest BCUT2D eigenvalue weighted by atomic mass is 10.1. The molecule has 8 nitrogen and oxygen atoms in total. The van der Waals surface area contributed by atoms with Crippen LogP contribution >= 0.6 is 11.8 Å². The number of nitro benzene ring substituents is 1. The average Bonchev–Trinajstić information content (AvgIpc) is 3.20. The van der Waals surface area contributed by atoms with Crippen LogP contribution in [0.3, 0.4) is 0 Å². The van der Waals surface area contributed by atoms with E-state index in [1.807, 2.05) is 24.3 Å². The molecule has 0 saturated carbocycles. The molecule has 0 saturated heterocycles. The monoisotopic (exact) mass is 399 g/mol. The molecule has 0 unspecified atom stereocenters. The number of carbonyl (C=O) groups excluding carboxylic acids is 1. The molecule has 0 aliphatic heterocycles. The number of aromatic nitrogens is 2. The number of nitro groups is 1. The quantitative estimate of drug-likeness (QED) is 0.251. The summed E-state index contributed by atoms with van der Waals surface area (Å²) in [7, 11) is 0. The minimum Gasteiger partial charge on any atom is -0.452 e. The maximum absolute atomic E-state index is 12.2. The molecule has 0 amide bonds. The number of esters is 1. The van der Waals surface area contributed by atoms with Gasteiger partial charge in [0.25, 0.3) is 11.6 Å². The Labute approximate surface area is 165 Å². The van der Waals surface area contributed by atoms with Crippen molar-refractivity contribution >= 4 is 23.4 Å². The molecule has 0 N–H and O–H groups in total. The number of thioether (sulfide) groups is 1. The van der Waals surface area contributed by atoms with E-state index in [2.05, 4.69) is 17.1 Å². The maximum Gasteiger partial charge on any atom is 0.338 e. The summed E-state index contributed by atoms with van der Waals surface area (Å²) in [5, 5.41) is 15.0. The van der Waals surface area contributed by atoms with Crippen molar-refractivity contribution < 1.29 is 19.0 Å². The predicted octanol–water partition coefficient (Wildman–Crippen LogP) is 4.29. The fourth-order valence-corrected chi connectivity index (χ4v) is 3.04. The van der Waals surface area contributed by atoms with E-state index in [0.717, 1.165) is 12.0 Å². The van der Waals surface area contributed by atoms with Gasteiger partial charge in [-0.05, 0) is 30.4 Å². The lowest BCUT2D eigenvalue weighted by molar-refractivity contribution is -0.387. The summed E-state index contributed by atoms with van der Waals surface area (Å²) >= 11 is 1.23. The van der Waals surface area contributed by atoms with E-state index in [0.29, 0.717) is 10.7 Å². The molecule has 1 aromatic heterocycles. The highest BCUT2D eigenvalue weighted by Gasteiger charge is 2.19. The highest BCUT2D eigenvalue weighted by atomic mass is 32.2. The number of nitrogens with zero attached hydrogens (tertiary/aromatic N) is 3. The lowest BCUT2D eigenvalue weighted by Crippen LogP contribution is -2.06. The summed E-state index contributed by atoms with van der Waals surface area (Å²) < 4.78 is 10.3. The van der Waals surface area contributed by atoms with Gasteiger partial charge in [0, 0.05) is 11.6 Å². The highest BCUT2D eigenvalue weighted by molar-refractivity contribution is 7.98. The smallest absolute Gasteiger partial charge is 0.338 e. The molecule has 144 valence electrons. The van der Waals surface area contributed by atoms with Crippen molar-refractivity contribution in [3.8, 4) is 11.4 Å². The first-order chi connectivity index (χ1) is 13.5. The summed E-state index contributed by atoms with van der Waals surface area (Å²) in [5.74, 6) is -0.172. The molecule has 28 heavy (non-hydrogen) atoms. The van der Waals surface area contributed by atoms with Crippen LogP contribution in [-0.2, 0) is 17.8 Å². The van der Waals surface area contributed by atoms with Gasteiger partial charge < -0.3 is 9.26 Å². The van der Waals surface area contributed by atoms with Crippen LogP contribution in [-0.4, -0.2) is 27.3 Å². The Hall–Kier alpha value is -3.20. The Morgan fingerprint density at radius 2 is 2.00 bits per heavy atom. The van der Waals surface area contributed by atoms with Gasteiger partial charge in [0.2, 0.25) is 5.82 Å². The lowest BCUT2D eigenvalue weighted by Gasteiger charge is -2.04. The van der Waals surface area contributed by atoms with Crippen LogP contribution in [0.1, 0.15) is 28.7 Å². The van der Waals surface area contributed by atoms with Crippen LogP contribution in [0.2, 0.25) is 0 Å². The van der Waals surface area contributed by atoms with Crippen LogP contribution < -0.4 is 0 Å². The molecule has 3 rings (SSSR count). The van der Waals surface area contributed by atoms with Crippen molar-refractivity contribution in [1.29, 1.82) is 0 Å². The van der Waals surface area contributed by atoms with Gasteiger partial charge in [-0.1, -0.05) is 36.3 Å². The molecule has 0 aliphatic rings. The Kier molecular flexibility index (Phi) is 6.05. The van der Waals surface area contributed by atoms with Crippen molar-refractivity contribution in [2.75, 3.05) is 6.26 Å². The maximum atomic E-state index is 12.2. The number of rotatable bonds is 7. The number of ether oxygens (including phenoxy) is 1. The second-order valence-corrected chi connectivity index (χ2v) is 6.63. The molecular formula is C19H17N3O5S. The van der Waals surface area contributed by atoms with Gasteiger partial charge in [-0.2, -0.15) is 4.98 Å². The normalized spacial score (nSPS) is 10.6. The Morgan fingerprint density at radius 3 is 2.64 bits per heavy atom. The van der Waals surface area contributed by atoms with Crippen LogP contribution in [0.4, 0.5) is 5.69 Å². The second-order valence-electron chi connectivity index (χ2n) is 5.78. The van der Waals surface area contributed by atoms with Crippen molar-refractivity contribution in [3.05, 3.63) is 69.6 Å². The number of aryl methyl sites for hydroxylation is 1. The fraction of sp³-hybridized carbons (Fsp3) is 0.211. The second kappa shape index (κ2) is 8.66. The summed E-state index contributed by atoms with van der Waals surface area (Å²) in [5.41, 5.74) is 1.93. The molecule has 0 aliphatic carbocycles. The zero-order valence-corrected chi connectivity index (χ0v) is 16.1. The van der Waals surface area contributed by atoms with Crippen molar-refractivity contribution in [2.45, 2.75) is 24.8 Å². The first-order valence-electron chi connectivity index (χ1n) is 8.43. The number of carbonyl (C=O) groups is 1. The van der Waals surface area contributed by atoms with Crippen molar-refractivity contribution in [1.82, 2.24) is 10.1 Å². The average molecular weight is 399 g/mol. The van der Waals surface area contributed by atoms with Gasteiger partial charge in [-0.3, -0.25) is 10.1 Å². The third-order valence-corrected chi connectivity index (χ3v) is 4.81. The van der Waals surface area contributed by atoms with Gasteiger partial charge in [0.1, 0.15) is 0 Å². The van der Waals surface area contributed by atoms with E-state index in [1.54, 1.807) is 6.26 Å². The molecule has 2 aromatic carbocycles. The molecule has 0 bridgehead atoms. The van der Waals surface area contributed by atoms with Gasteiger partial charge in [-0.15, -0.1) is 11.8 Å². The van der Waals surface area contributed by atoms with Gasteiger partial charge >= 0.3 is 5.97 Å². The molecule has 9 heteroatoms. The minimum absolute atomic E-state index is 0.0828. The minimum atomic E-state index is -0.706. The third-order valence-electron chi connectivity index (χ3n) is 4.03. The van der Waals surface area contributed by atoms with E-state index >= 15 is 0 Å². The Balaban J connectivity index is 1.67. The van der Waals surface area contributed by atoms with Crippen molar-refractivity contribution in [3.63, 3.8) is 0 Å². The largest absolute Gasteiger partial charge is 0.452 e. The fourth-order valence-electron chi connectivity index (χ4n) is 2.49. The van der Waals surface area contributed by atoms with E-state index in [-0.39, 0.29) is 23.7 Å². The Bertz CT molecular complexity index is 1000. The summed E-state index contributed by atoms with van der Waals surface area (Å²) in [4.78, 5) is 27.5. The zero-order valence-electron chi connectivity index (χ0n) is 15.2. The first kappa shape index (κ1) is 19.6. The van der Waals surface area contributed by atoms with Crippen LogP contribution in [0.15, 0.2) is 51.9 Å². The van der Waals surface area contributed by atoms with E-state index in [4.69, 9.17) is 9.26 Å². The molecule has 3 aromatic rings. The van der Waals surface area contributed by atoms with Gasteiger partial charge in [-0.25, -0.2) is 4.79 Å². The summed E-state index contributed by atoms with van der Waals surface area (Å²) in [6.45, 7) is 1.84. The third kappa shape index (κ3) is 4.37. The van der Waals surface area contributed by atoms with E-state index in [1.165, 1.54) is 35.5 Å². The van der Waals surface area contributed by atoms with Crippen LogP contribution in [0, 0.1) is 10.1 Å². The molecule has 1 heterocycles. The zero-order chi connectivity index (χ0) is 20.1. The number of hydrogen-bond donors (Lipinski definition) is 0. The Morgan fingerprint density at radius 1 is 1.25 bits per heavy atom. The standard InChI is InChI=1S/C19H17N3O5S/c1-3-12-4-6-13(7-5-12)18-20-17(27-21-18)11-26-19(23)14-8-9-16(28-2)15(10-14)22(24)25/h4-10H,3,11H2,1-2H3. The van der Waals surface area contributed by atoms with E-state index in [9.17, 15) is 14.9 Å².